The van der Waals surface area contributed by atoms with Crippen molar-refractivity contribution in [2.24, 2.45) is 5.16 Å². The van der Waals surface area contributed by atoms with E-state index in [4.69, 9.17) is 4.63 Å². The smallest absolute Gasteiger partial charge is 0.239 e. The lowest BCUT2D eigenvalue weighted by Gasteiger charge is -2.17. The molecule has 1 atom stereocenters. The third-order valence-corrected chi connectivity index (χ3v) is 4.44. The van der Waals surface area contributed by atoms with E-state index in [1.165, 1.54) is 12.1 Å². The molecule has 10 nitrogen and oxygen atoms in total. The van der Waals surface area contributed by atoms with Gasteiger partial charge in [0.2, 0.25) is 11.7 Å². The summed E-state index contributed by atoms with van der Waals surface area (Å²) in [5.74, 6) is -0.645. The maximum Gasteiger partial charge on any atom is 0.239 e. The van der Waals surface area contributed by atoms with Crippen molar-refractivity contribution in [3.8, 4) is 0 Å². The Morgan fingerprint density at radius 1 is 1.41 bits per heavy atom. The SMILES string of the molecule is CC(C)(O)CNC(=O)CNc1nonc1/C(=N/O)NC1CCc2ccc(F)cc21. The molecule has 29 heavy (non-hydrogen) atoms. The lowest BCUT2D eigenvalue weighted by molar-refractivity contribution is -0.120. The molecule has 2 aromatic rings. The van der Waals surface area contributed by atoms with Gasteiger partial charge >= 0.3 is 0 Å². The number of oxime groups is 1. The molecule has 3 rings (SSSR count). The average Bonchev–Trinajstić information content (AvgIpc) is 3.28. The first-order chi connectivity index (χ1) is 13.8. The molecule has 11 heteroatoms. The molecule has 0 radical (unpaired) electrons. The quantitative estimate of drug-likeness (QED) is 0.198. The van der Waals surface area contributed by atoms with E-state index >= 15 is 0 Å². The Labute approximate surface area is 166 Å². The number of nitrogens with zero attached hydrogens (tertiary/aromatic N) is 3. The van der Waals surface area contributed by atoms with Crippen molar-refractivity contribution in [2.45, 2.75) is 38.3 Å². The van der Waals surface area contributed by atoms with Crippen LogP contribution in [0.5, 0.6) is 0 Å². The molecule has 156 valence electrons. The Morgan fingerprint density at radius 3 is 2.93 bits per heavy atom. The lowest BCUT2D eigenvalue weighted by atomic mass is 10.1. The number of aromatic nitrogens is 2. The Kier molecular flexibility index (Phi) is 5.97. The number of amides is 1. The van der Waals surface area contributed by atoms with Gasteiger partial charge in [0.05, 0.1) is 18.2 Å². The summed E-state index contributed by atoms with van der Waals surface area (Å²) in [7, 11) is 0. The van der Waals surface area contributed by atoms with Crippen molar-refractivity contribution in [1.82, 2.24) is 20.9 Å². The van der Waals surface area contributed by atoms with Crippen LogP contribution in [0.4, 0.5) is 10.2 Å². The first kappa shape index (κ1) is 20.5. The third kappa shape index (κ3) is 5.19. The van der Waals surface area contributed by atoms with E-state index in [9.17, 15) is 19.5 Å². The van der Waals surface area contributed by atoms with Gasteiger partial charge in [-0.25, -0.2) is 9.02 Å². The molecule has 1 unspecified atom stereocenters. The minimum Gasteiger partial charge on any atom is -0.409 e. The molecule has 5 N–H and O–H groups in total. The van der Waals surface area contributed by atoms with Gasteiger partial charge in [-0.2, -0.15) is 0 Å². The largest absolute Gasteiger partial charge is 0.409 e. The molecule has 0 bridgehead atoms. The summed E-state index contributed by atoms with van der Waals surface area (Å²) in [4.78, 5) is 11.9. The van der Waals surface area contributed by atoms with Crippen molar-refractivity contribution >= 4 is 17.6 Å². The monoisotopic (exact) mass is 406 g/mol. The van der Waals surface area contributed by atoms with E-state index in [1.54, 1.807) is 19.9 Å². The molecule has 1 amide bonds. The maximum absolute atomic E-state index is 13.6. The first-order valence-electron chi connectivity index (χ1n) is 9.09. The van der Waals surface area contributed by atoms with Crippen LogP contribution in [0.3, 0.4) is 0 Å². The summed E-state index contributed by atoms with van der Waals surface area (Å²) in [5, 5.41) is 38.0. The summed E-state index contributed by atoms with van der Waals surface area (Å²) in [6.45, 7) is 3.07. The van der Waals surface area contributed by atoms with Crippen LogP contribution in [-0.2, 0) is 11.2 Å². The summed E-state index contributed by atoms with van der Waals surface area (Å²) in [6, 6.07) is 4.32. The standard InChI is InChI=1S/C18H23FN6O4/c1-18(2,27)9-21-14(26)8-20-16-15(24-29-25-16)17(23-28)22-13-6-4-10-3-5-11(19)7-12(10)13/h3,5,7,13,27-28H,4,6,8-9H2,1-2H3,(H,20,25)(H,21,26)(H,22,23). The predicted molar refractivity (Wildman–Crippen MR) is 101 cm³/mol. The van der Waals surface area contributed by atoms with Gasteiger partial charge in [-0.05, 0) is 60.3 Å². The predicted octanol–water partition coefficient (Wildman–Crippen LogP) is 0.921. The first-order valence-corrected chi connectivity index (χ1v) is 9.09. The fourth-order valence-electron chi connectivity index (χ4n) is 3.03. The van der Waals surface area contributed by atoms with E-state index in [1.807, 2.05) is 0 Å². The van der Waals surface area contributed by atoms with E-state index in [2.05, 4.69) is 31.4 Å². The fourth-order valence-corrected chi connectivity index (χ4v) is 3.03. The van der Waals surface area contributed by atoms with E-state index < -0.39 is 5.60 Å². The molecule has 1 aromatic carbocycles. The Morgan fingerprint density at radius 2 is 2.21 bits per heavy atom. The van der Waals surface area contributed by atoms with Gasteiger partial charge in [-0.3, -0.25) is 4.79 Å². The molecule has 1 aliphatic rings. The van der Waals surface area contributed by atoms with Crippen LogP contribution in [-0.4, -0.2) is 51.1 Å². The van der Waals surface area contributed by atoms with E-state index in [0.717, 1.165) is 17.5 Å². The minimum atomic E-state index is -1.03. The van der Waals surface area contributed by atoms with E-state index in [-0.39, 0.29) is 48.2 Å². The van der Waals surface area contributed by atoms with Gasteiger partial charge < -0.3 is 26.3 Å². The van der Waals surface area contributed by atoms with Crippen LogP contribution in [0.15, 0.2) is 28.0 Å². The van der Waals surface area contributed by atoms with Crippen molar-refractivity contribution < 1.29 is 24.1 Å². The van der Waals surface area contributed by atoms with Gasteiger partial charge in [-0.1, -0.05) is 11.2 Å². The van der Waals surface area contributed by atoms with Gasteiger partial charge in [0.15, 0.2) is 11.5 Å². The number of nitrogens with one attached hydrogen (secondary N) is 3. The molecule has 1 heterocycles. The van der Waals surface area contributed by atoms with Crippen molar-refractivity contribution in [1.29, 1.82) is 0 Å². The second kappa shape index (κ2) is 8.43. The number of anilines is 1. The number of aryl methyl sites for hydroxylation is 1. The molecule has 0 fully saturated rings. The topological polar surface area (TPSA) is 145 Å². The Hall–Kier alpha value is -3.21. The Bertz CT molecular complexity index is 908. The van der Waals surface area contributed by atoms with Crippen molar-refractivity contribution in [3.05, 3.63) is 40.8 Å². The number of fused-ring (bicyclic) bond motifs is 1. The molecule has 0 saturated carbocycles. The number of hydrogen-bond acceptors (Lipinski definition) is 8. The van der Waals surface area contributed by atoms with Crippen LogP contribution in [0.2, 0.25) is 0 Å². The van der Waals surface area contributed by atoms with Crippen LogP contribution in [0.1, 0.15) is 43.1 Å². The highest BCUT2D eigenvalue weighted by molar-refractivity contribution is 6.01. The number of halogens is 1. The van der Waals surface area contributed by atoms with Crippen LogP contribution in [0, 0.1) is 5.82 Å². The highest BCUT2D eigenvalue weighted by atomic mass is 19.1. The zero-order valence-electron chi connectivity index (χ0n) is 16.1. The fraction of sp³-hybridized carbons (Fsp3) is 0.444. The summed E-state index contributed by atoms with van der Waals surface area (Å²) >= 11 is 0. The highest BCUT2D eigenvalue weighted by Gasteiger charge is 2.27. The zero-order chi connectivity index (χ0) is 21.0. The molecule has 1 aliphatic carbocycles. The number of carbonyl (C=O) groups is 1. The van der Waals surface area contributed by atoms with Gasteiger partial charge in [0.1, 0.15) is 5.82 Å². The number of hydrogen-bond donors (Lipinski definition) is 5. The van der Waals surface area contributed by atoms with Crippen molar-refractivity contribution in [2.75, 3.05) is 18.4 Å². The number of benzene rings is 1. The van der Waals surface area contributed by atoms with Gasteiger partial charge in [-0.15, -0.1) is 0 Å². The maximum atomic E-state index is 13.6. The van der Waals surface area contributed by atoms with Crippen LogP contribution in [0.25, 0.3) is 0 Å². The molecule has 0 aliphatic heterocycles. The molecule has 0 saturated heterocycles. The second-order valence-corrected chi connectivity index (χ2v) is 7.43. The number of aliphatic hydroxyl groups is 1. The average molecular weight is 406 g/mol. The number of carbonyl (C=O) groups excluding carboxylic acids is 1. The molecule has 1 aromatic heterocycles. The van der Waals surface area contributed by atoms with Crippen LogP contribution < -0.4 is 16.0 Å². The number of rotatable bonds is 7. The Balaban J connectivity index is 1.65. The minimum absolute atomic E-state index is 0.0206. The molecular formula is C18H23FN6O4. The summed E-state index contributed by atoms with van der Waals surface area (Å²) in [6.07, 6.45) is 1.45. The summed E-state index contributed by atoms with van der Waals surface area (Å²) < 4.78 is 18.3. The summed E-state index contributed by atoms with van der Waals surface area (Å²) in [5.41, 5.74) is 0.838. The third-order valence-electron chi connectivity index (χ3n) is 4.44. The lowest BCUT2D eigenvalue weighted by Crippen LogP contribution is -2.40. The van der Waals surface area contributed by atoms with Gasteiger partial charge in [0, 0.05) is 6.54 Å². The second-order valence-electron chi connectivity index (χ2n) is 7.43. The molecular weight excluding hydrogens is 383 g/mol. The highest BCUT2D eigenvalue weighted by Crippen LogP contribution is 2.32. The zero-order valence-corrected chi connectivity index (χ0v) is 16.1. The van der Waals surface area contributed by atoms with Crippen molar-refractivity contribution in [3.63, 3.8) is 0 Å². The number of amidine groups is 1. The van der Waals surface area contributed by atoms with Crippen LogP contribution >= 0.6 is 0 Å². The molecule has 0 spiro atoms. The van der Waals surface area contributed by atoms with Gasteiger partial charge in [0.25, 0.3) is 0 Å². The normalized spacial score (nSPS) is 16.4. The van der Waals surface area contributed by atoms with E-state index in [0.29, 0.717) is 6.42 Å².